The Kier molecular flexibility index (Phi) is 5.48. The summed E-state index contributed by atoms with van der Waals surface area (Å²) in [7, 11) is 0.549. The summed E-state index contributed by atoms with van der Waals surface area (Å²) in [6, 6.07) is 13.8. The van der Waals surface area contributed by atoms with Crippen LogP contribution in [0.2, 0.25) is 0 Å². The predicted molar refractivity (Wildman–Crippen MR) is 108 cm³/mol. The molecule has 0 fully saturated rings. The van der Waals surface area contributed by atoms with Gasteiger partial charge in [-0.3, -0.25) is 0 Å². The molecule has 3 rings (SSSR count). The van der Waals surface area contributed by atoms with E-state index in [0.717, 1.165) is 24.1 Å². The van der Waals surface area contributed by atoms with Crippen LogP contribution in [0.1, 0.15) is 38.3 Å². The molecule has 0 bridgehead atoms. The first kappa shape index (κ1) is 19.0. The minimum absolute atomic E-state index is 0.118. The fourth-order valence-corrected chi connectivity index (χ4v) is 7.17. The lowest BCUT2D eigenvalue weighted by Gasteiger charge is -2.39. The molecule has 0 N–H and O–H groups in total. The third-order valence-corrected chi connectivity index (χ3v) is 8.41. The molecule has 1 unspecified atom stereocenters. The topological polar surface area (TPSA) is 4.93 Å². The molecule has 5 heteroatoms. The molecule has 3 aromatic rings. The van der Waals surface area contributed by atoms with E-state index in [0.29, 0.717) is 9.12 Å². The molecule has 0 saturated carbocycles. The highest BCUT2D eigenvalue weighted by atomic mass is 28.2. The molecular weight excluding hydrogens is 360 g/mol. The normalized spacial score (nSPS) is 14.2. The second kappa shape index (κ2) is 7.49. The zero-order valence-corrected chi connectivity index (χ0v) is 17.9. The van der Waals surface area contributed by atoms with Crippen molar-refractivity contribution in [2.45, 2.75) is 44.6 Å². The van der Waals surface area contributed by atoms with Crippen molar-refractivity contribution in [2.24, 2.45) is 0 Å². The maximum atomic E-state index is 13.5. The summed E-state index contributed by atoms with van der Waals surface area (Å²) >= 11 is 0. The summed E-state index contributed by atoms with van der Waals surface area (Å²) in [4.78, 5) is 0. The van der Waals surface area contributed by atoms with Crippen LogP contribution in [0.3, 0.4) is 0 Å². The van der Waals surface area contributed by atoms with E-state index in [2.05, 4.69) is 36.1 Å². The Bertz CT molecular complexity index is 843. The van der Waals surface area contributed by atoms with Crippen molar-refractivity contribution in [3.05, 3.63) is 82.4 Å². The summed E-state index contributed by atoms with van der Waals surface area (Å²) in [6.45, 7) is 7.62. The van der Waals surface area contributed by atoms with Gasteiger partial charge < -0.3 is 4.22 Å². The van der Waals surface area contributed by atoms with Gasteiger partial charge in [-0.25, -0.2) is 8.78 Å². The molecule has 0 aliphatic rings. The van der Waals surface area contributed by atoms with Crippen molar-refractivity contribution in [1.29, 1.82) is 0 Å². The van der Waals surface area contributed by atoms with E-state index in [1.165, 1.54) is 12.1 Å². The zero-order chi connectivity index (χ0) is 18.8. The number of halogens is 2. The predicted octanol–water partition coefficient (Wildman–Crippen LogP) is 4.23. The van der Waals surface area contributed by atoms with Crippen molar-refractivity contribution >= 4 is 18.4 Å². The third kappa shape index (κ3) is 4.33. The van der Waals surface area contributed by atoms with Gasteiger partial charge in [-0.05, 0) is 53.0 Å². The number of rotatable bonds is 6. The number of aromatic nitrogens is 1. The quantitative estimate of drug-likeness (QED) is 0.560. The van der Waals surface area contributed by atoms with Gasteiger partial charge in [0, 0.05) is 21.1 Å². The van der Waals surface area contributed by atoms with E-state index in [9.17, 15) is 8.78 Å². The maximum Gasteiger partial charge on any atom is 0.123 e. The van der Waals surface area contributed by atoms with Gasteiger partial charge in [-0.1, -0.05) is 50.3 Å². The number of hydrogen-bond donors (Lipinski definition) is 0. The summed E-state index contributed by atoms with van der Waals surface area (Å²) in [5.74, 6) is 1.94. The number of hydrogen-bond acceptors (Lipinski definition) is 0. The van der Waals surface area contributed by atoms with Crippen LogP contribution in [0, 0.1) is 11.6 Å². The Labute approximate surface area is 158 Å². The molecule has 1 heterocycles. The van der Waals surface area contributed by atoms with Gasteiger partial charge >= 0.3 is 0 Å². The van der Waals surface area contributed by atoms with E-state index >= 15 is 0 Å². The number of benzene rings is 2. The van der Waals surface area contributed by atoms with Gasteiger partial charge in [0.1, 0.15) is 20.9 Å². The SMILES string of the molecule is CC(C)(CC(C)(Cn1c[siH]c[siH]1)c1ccc(F)cc1)c1ccc(F)cc1. The average Bonchev–Trinajstić information content (AvgIpc) is 3.08. The van der Waals surface area contributed by atoms with E-state index in [-0.39, 0.29) is 31.8 Å². The lowest BCUT2D eigenvalue weighted by molar-refractivity contribution is 0.295. The van der Waals surface area contributed by atoms with Crippen LogP contribution in [-0.2, 0) is 17.4 Å². The summed E-state index contributed by atoms with van der Waals surface area (Å²) in [5.41, 5.74) is 2.04. The summed E-state index contributed by atoms with van der Waals surface area (Å²) < 4.78 is 29.3. The highest BCUT2D eigenvalue weighted by molar-refractivity contribution is 6.44. The van der Waals surface area contributed by atoms with Crippen molar-refractivity contribution in [3.8, 4) is 0 Å². The fraction of sp³-hybridized carbons (Fsp3) is 0.333. The Morgan fingerprint density at radius 1 is 0.846 bits per heavy atom. The second-order valence-corrected chi connectivity index (χ2v) is 11.2. The highest BCUT2D eigenvalue weighted by Gasteiger charge is 2.35. The minimum Gasteiger partial charge on any atom is -0.390 e. The summed E-state index contributed by atoms with van der Waals surface area (Å²) in [6.07, 6.45) is 0.899. The van der Waals surface area contributed by atoms with Crippen molar-refractivity contribution < 1.29 is 8.78 Å². The van der Waals surface area contributed by atoms with Gasteiger partial charge in [0.15, 0.2) is 0 Å². The molecule has 0 aliphatic carbocycles. The Morgan fingerprint density at radius 3 is 1.88 bits per heavy atom. The van der Waals surface area contributed by atoms with Crippen LogP contribution < -0.4 is 0 Å². The maximum absolute atomic E-state index is 13.5. The van der Waals surface area contributed by atoms with Crippen LogP contribution in [0.5, 0.6) is 0 Å². The molecule has 1 nitrogen and oxygen atoms in total. The summed E-state index contributed by atoms with van der Waals surface area (Å²) in [5, 5.41) is 2.43. The van der Waals surface area contributed by atoms with E-state index in [1.54, 1.807) is 12.1 Å². The lowest BCUT2D eigenvalue weighted by atomic mass is 9.67. The number of nitrogens with zero attached hydrogens (tertiary/aromatic N) is 1. The van der Waals surface area contributed by atoms with Gasteiger partial charge in [-0.2, -0.15) is 0 Å². The van der Waals surface area contributed by atoms with Crippen LogP contribution >= 0.6 is 0 Å². The van der Waals surface area contributed by atoms with Crippen LogP contribution in [0.15, 0.2) is 59.6 Å². The molecule has 0 spiro atoms. The first-order valence-electron chi connectivity index (χ1n) is 8.91. The molecule has 136 valence electrons. The first-order chi connectivity index (χ1) is 12.3. The largest absolute Gasteiger partial charge is 0.390 e. The molecule has 26 heavy (non-hydrogen) atoms. The van der Waals surface area contributed by atoms with Gasteiger partial charge in [0.2, 0.25) is 0 Å². The van der Waals surface area contributed by atoms with E-state index in [1.807, 2.05) is 24.3 Å². The molecule has 0 saturated heterocycles. The smallest absolute Gasteiger partial charge is 0.123 e. The van der Waals surface area contributed by atoms with Gasteiger partial charge in [0.05, 0.1) is 0 Å². The van der Waals surface area contributed by atoms with E-state index in [4.69, 9.17) is 0 Å². The molecule has 0 amide bonds. The molecule has 1 atom stereocenters. The average molecular weight is 386 g/mol. The lowest BCUT2D eigenvalue weighted by Crippen LogP contribution is -2.36. The Morgan fingerprint density at radius 2 is 1.38 bits per heavy atom. The zero-order valence-electron chi connectivity index (χ0n) is 15.5. The molecular formula is C21H25F2NSi2. The third-order valence-electron chi connectivity index (χ3n) is 5.20. The Hall–Kier alpha value is -1.73. The van der Waals surface area contributed by atoms with Crippen molar-refractivity contribution in [3.63, 3.8) is 0 Å². The second-order valence-electron chi connectivity index (χ2n) is 7.99. The highest BCUT2D eigenvalue weighted by Crippen LogP contribution is 2.40. The molecule has 0 radical (unpaired) electrons. The van der Waals surface area contributed by atoms with Gasteiger partial charge in [-0.15, -0.1) is 0 Å². The van der Waals surface area contributed by atoms with Crippen LogP contribution in [0.4, 0.5) is 8.78 Å². The first-order valence-corrected chi connectivity index (χ1v) is 11.4. The van der Waals surface area contributed by atoms with Crippen LogP contribution in [-0.4, -0.2) is 22.6 Å². The standard InChI is InChI=1S/C21H25F2NSi2/c1-20(2,16-4-8-18(22)9-5-16)12-21(3,13-24-14-25-15-26-24)17-6-10-19(23)11-7-17/h4-11,14-15,25-26H,12-13H2,1-3H3. The molecule has 2 aromatic carbocycles. The molecule has 1 aromatic heterocycles. The van der Waals surface area contributed by atoms with Gasteiger partial charge in [0.25, 0.3) is 0 Å². The fourth-order valence-electron chi connectivity index (χ4n) is 3.96. The minimum atomic E-state index is -0.209. The van der Waals surface area contributed by atoms with Crippen LogP contribution in [0.25, 0.3) is 0 Å². The monoisotopic (exact) mass is 385 g/mol. The Balaban J connectivity index is 1.97. The van der Waals surface area contributed by atoms with Crippen molar-refractivity contribution in [1.82, 2.24) is 4.22 Å². The van der Waals surface area contributed by atoms with E-state index < -0.39 is 0 Å². The molecule has 0 aliphatic heterocycles. The van der Waals surface area contributed by atoms with Crippen molar-refractivity contribution in [2.75, 3.05) is 0 Å².